The third-order valence-corrected chi connectivity index (χ3v) is 4.24. The van der Waals surface area contributed by atoms with Crippen LogP contribution in [0.1, 0.15) is 30.9 Å². The summed E-state index contributed by atoms with van der Waals surface area (Å²) in [6.07, 6.45) is 1.69. The first-order chi connectivity index (χ1) is 10.5. The van der Waals surface area contributed by atoms with Crippen LogP contribution in [0.25, 0.3) is 0 Å². The molecule has 3 rings (SSSR count). The van der Waals surface area contributed by atoms with E-state index in [1.54, 1.807) is 11.0 Å². The van der Waals surface area contributed by atoms with E-state index in [0.717, 1.165) is 18.4 Å². The van der Waals surface area contributed by atoms with Crippen molar-refractivity contribution in [3.63, 3.8) is 0 Å². The summed E-state index contributed by atoms with van der Waals surface area (Å²) in [5.74, 6) is 0.113. The Bertz CT molecular complexity index is 651. The van der Waals surface area contributed by atoms with Gasteiger partial charge in [0.1, 0.15) is 11.6 Å². The Morgan fingerprint density at radius 2 is 2.18 bits per heavy atom. The van der Waals surface area contributed by atoms with Gasteiger partial charge in [0.25, 0.3) is 0 Å². The molecule has 118 valence electrons. The van der Waals surface area contributed by atoms with Crippen LogP contribution in [0, 0.1) is 5.82 Å². The van der Waals surface area contributed by atoms with Crippen molar-refractivity contribution in [2.45, 2.75) is 31.7 Å². The van der Waals surface area contributed by atoms with E-state index in [1.807, 2.05) is 6.92 Å². The van der Waals surface area contributed by atoms with E-state index in [-0.39, 0.29) is 23.7 Å². The summed E-state index contributed by atoms with van der Waals surface area (Å²) >= 11 is 0. The first-order valence-corrected chi connectivity index (χ1v) is 7.30. The molecule has 0 bridgehead atoms. The minimum absolute atomic E-state index is 0.232. The first-order valence-electron chi connectivity index (χ1n) is 7.30. The first kappa shape index (κ1) is 14.6. The number of benzene rings is 1. The Morgan fingerprint density at radius 1 is 1.45 bits per heavy atom. The lowest BCUT2D eigenvalue weighted by Gasteiger charge is -2.35. The van der Waals surface area contributed by atoms with Crippen molar-refractivity contribution in [1.82, 2.24) is 4.90 Å². The second kappa shape index (κ2) is 5.15. The molecule has 0 aromatic heterocycles. The molecule has 0 radical (unpaired) electrons. The quantitative estimate of drug-likeness (QED) is 0.639. The Kier molecular flexibility index (Phi) is 3.42. The molecular formula is C15H19FN4O2. The second-order valence-electron chi connectivity index (χ2n) is 5.79. The molecule has 4 N–H and O–H groups in total. The van der Waals surface area contributed by atoms with Crippen LogP contribution >= 0.6 is 0 Å². The molecule has 6 nitrogen and oxygen atoms in total. The molecule has 1 aromatic carbocycles. The van der Waals surface area contributed by atoms with Crippen molar-refractivity contribution in [2.75, 3.05) is 13.2 Å². The minimum atomic E-state index is -0.497. The number of nitrogens with zero attached hydrogens (tertiary/aromatic N) is 2. The van der Waals surface area contributed by atoms with E-state index in [2.05, 4.69) is 4.99 Å². The molecule has 1 saturated carbocycles. The van der Waals surface area contributed by atoms with Crippen LogP contribution in [0.5, 0.6) is 5.75 Å². The predicted octanol–water partition coefficient (Wildman–Crippen LogP) is 1.46. The molecule has 2 aliphatic rings. The highest BCUT2D eigenvalue weighted by molar-refractivity contribution is 5.90. The smallest absolute Gasteiger partial charge is 0.347 e. The molecule has 7 heteroatoms. The Labute approximate surface area is 127 Å². The van der Waals surface area contributed by atoms with Gasteiger partial charge in [-0.2, -0.15) is 4.99 Å². The van der Waals surface area contributed by atoms with Gasteiger partial charge in [0.05, 0.1) is 13.2 Å². The number of fused-ring (bicyclic) bond motifs is 2. The largest absolute Gasteiger partial charge is 0.494 e. The summed E-state index contributed by atoms with van der Waals surface area (Å²) in [5.41, 5.74) is 11.6. The highest BCUT2D eigenvalue weighted by Gasteiger charge is 2.52. The maximum atomic E-state index is 14.3. The molecule has 1 fully saturated rings. The zero-order valence-corrected chi connectivity index (χ0v) is 12.4. The topological polar surface area (TPSA) is 93.9 Å². The lowest BCUT2D eigenvalue weighted by molar-refractivity contribution is 0.190. The van der Waals surface area contributed by atoms with Crippen molar-refractivity contribution in [1.29, 1.82) is 0 Å². The number of carbonyl (C=O) groups is 1. The van der Waals surface area contributed by atoms with E-state index >= 15 is 0 Å². The van der Waals surface area contributed by atoms with Gasteiger partial charge in [-0.1, -0.05) is 0 Å². The maximum Gasteiger partial charge on any atom is 0.347 e. The average molecular weight is 306 g/mol. The number of carbonyl (C=O) groups excluding carboxylic acids is 1. The van der Waals surface area contributed by atoms with Crippen molar-refractivity contribution in [2.24, 2.45) is 16.5 Å². The van der Waals surface area contributed by atoms with Gasteiger partial charge in [0, 0.05) is 23.1 Å². The van der Waals surface area contributed by atoms with Crippen molar-refractivity contribution >= 4 is 12.0 Å². The highest BCUT2D eigenvalue weighted by atomic mass is 19.1. The number of halogens is 1. The lowest BCUT2D eigenvalue weighted by atomic mass is 9.86. The molecule has 1 aliphatic heterocycles. The zero-order chi connectivity index (χ0) is 15.9. The number of rotatable bonds is 2. The molecule has 0 saturated heterocycles. The van der Waals surface area contributed by atoms with Crippen LogP contribution in [-0.2, 0) is 12.0 Å². The average Bonchev–Trinajstić information content (AvgIpc) is 3.20. The predicted molar refractivity (Wildman–Crippen MR) is 80.1 cm³/mol. The molecule has 0 atom stereocenters. The standard InChI is InChI=1S/C15H19FN4O2/c1-2-22-11-4-3-10(16)12-9(11)7-20(8-15(12)5-6-15)14(21)19-13(17)18/h3-4H,2,5-8H2,1H3,(H4,17,18,19,21). The van der Waals surface area contributed by atoms with Gasteiger partial charge in [-0.05, 0) is 31.9 Å². The van der Waals surface area contributed by atoms with Crippen LogP contribution < -0.4 is 16.2 Å². The molecule has 2 amide bonds. The fourth-order valence-corrected chi connectivity index (χ4v) is 3.19. The van der Waals surface area contributed by atoms with Crippen molar-refractivity contribution in [3.8, 4) is 5.75 Å². The summed E-state index contributed by atoms with van der Waals surface area (Å²) in [6.45, 7) is 3.03. The van der Waals surface area contributed by atoms with Crippen molar-refractivity contribution < 1.29 is 13.9 Å². The van der Waals surface area contributed by atoms with Crippen LogP contribution in [0.3, 0.4) is 0 Å². The van der Waals surface area contributed by atoms with Crippen molar-refractivity contribution in [3.05, 3.63) is 29.1 Å². The van der Waals surface area contributed by atoms with Crippen LogP contribution in [-0.4, -0.2) is 30.0 Å². The maximum absolute atomic E-state index is 14.3. The zero-order valence-electron chi connectivity index (χ0n) is 12.4. The fourth-order valence-electron chi connectivity index (χ4n) is 3.19. The van der Waals surface area contributed by atoms with Crippen LogP contribution in [0.4, 0.5) is 9.18 Å². The second-order valence-corrected chi connectivity index (χ2v) is 5.79. The number of urea groups is 1. The van der Waals surface area contributed by atoms with Crippen LogP contribution in [0.2, 0.25) is 0 Å². The van der Waals surface area contributed by atoms with Gasteiger partial charge in [-0.25, -0.2) is 9.18 Å². The van der Waals surface area contributed by atoms with Crippen LogP contribution in [0.15, 0.2) is 17.1 Å². The third kappa shape index (κ3) is 2.36. The van der Waals surface area contributed by atoms with Gasteiger partial charge in [-0.3, -0.25) is 0 Å². The monoisotopic (exact) mass is 306 g/mol. The Balaban J connectivity index is 2.03. The summed E-state index contributed by atoms with van der Waals surface area (Å²) in [6, 6.07) is 2.56. The van der Waals surface area contributed by atoms with E-state index < -0.39 is 6.03 Å². The normalized spacial score (nSPS) is 17.8. The van der Waals surface area contributed by atoms with Gasteiger partial charge in [0.15, 0.2) is 5.96 Å². The van der Waals surface area contributed by atoms with Gasteiger partial charge in [-0.15, -0.1) is 0 Å². The fraction of sp³-hybridized carbons (Fsp3) is 0.467. The number of nitrogens with two attached hydrogens (primary N) is 2. The summed E-state index contributed by atoms with van der Waals surface area (Å²) in [4.78, 5) is 17.3. The van der Waals surface area contributed by atoms with Gasteiger partial charge in [0.2, 0.25) is 0 Å². The number of ether oxygens (including phenoxy) is 1. The van der Waals surface area contributed by atoms with Gasteiger partial charge < -0.3 is 21.1 Å². The molecule has 0 unspecified atom stereocenters. The Hall–Kier alpha value is -2.31. The highest BCUT2D eigenvalue weighted by Crippen LogP contribution is 2.54. The summed E-state index contributed by atoms with van der Waals surface area (Å²) in [7, 11) is 0. The third-order valence-electron chi connectivity index (χ3n) is 4.24. The lowest BCUT2D eigenvalue weighted by Crippen LogP contribution is -2.42. The SMILES string of the molecule is CCOc1ccc(F)c2c1CN(C(=O)N=C(N)N)CC21CC1. The van der Waals surface area contributed by atoms with E-state index in [4.69, 9.17) is 16.2 Å². The molecule has 1 spiro atoms. The number of aliphatic imine (C=N–C) groups is 1. The van der Waals surface area contributed by atoms with E-state index in [0.29, 0.717) is 24.5 Å². The van der Waals surface area contributed by atoms with E-state index in [9.17, 15) is 9.18 Å². The van der Waals surface area contributed by atoms with E-state index in [1.165, 1.54) is 6.07 Å². The number of guanidine groups is 1. The molecule has 22 heavy (non-hydrogen) atoms. The number of amides is 2. The summed E-state index contributed by atoms with van der Waals surface area (Å²) in [5, 5.41) is 0. The molecule has 1 aliphatic carbocycles. The molecule has 1 aromatic rings. The minimum Gasteiger partial charge on any atom is -0.494 e. The summed E-state index contributed by atoms with van der Waals surface area (Å²) < 4.78 is 19.9. The number of hydrogen-bond acceptors (Lipinski definition) is 2. The molecule has 1 heterocycles. The van der Waals surface area contributed by atoms with Gasteiger partial charge >= 0.3 is 6.03 Å². The Morgan fingerprint density at radius 3 is 2.77 bits per heavy atom. The number of hydrogen-bond donors (Lipinski definition) is 2. The molecular weight excluding hydrogens is 287 g/mol.